The van der Waals surface area contributed by atoms with Gasteiger partial charge in [-0.05, 0) is 36.2 Å². The molecule has 0 aromatic heterocycles. The number of carbonyl (C=O) groups is 2. The van der Waals surface area contributed by atoms with Crippen molar-refractivity contribution in [2.75, 3.05) is 17.2 Å². The van der Waals surface area contributed by atoms with Crippen molar-refractivity contribution in [2.45, 2.75) is 13.3 Å². The van der Waals surface area contributed by atoms with Gasteiger partial charge in [-0.3, -0.25) is 9.59 Å². The highest BCUT2D eigenvalue weighted by Crippen LogP contribution is 2.22. The van der Waals surface area contributed by atoms with Gasteiger partial charge in [-0.2, -0.15) is 0 Å². The zero-order valence-electron chi connectivity index (χ0n) is 12.7. The standard InChI is InChI=1S/C17H18FN3O2/c1-2-11-7-8-12(9-15(11)21-16(22)10-19)20-17(23)13-5-3-4-6-14(13)18/h3-9H,2,10,19H2,1H3,(H,20,23)(H,21,22). The van der Waals surface area contributed by atoms with Crippen LogP contribution in [0.1, 0.15) is 22.8 Å². The third-order valence-electron chi connectivity index (χ3n) is 3.33. The molecule has 0 saturated heterocycles. The van der Waals surface area contributed by atoms with Gasteiger partial charge in [-0.25, -0.2) is 4.39 Å². The summed E-state index contributed by atoms with van der Waals surface area (Å²) in [5.41, 5.74) is 7.21. The van der Waals surface area contributed by atoms with Gasteiger partial charge in [0.15, 0.2) is 0 Å². The number of nitrogens with two attached hydrogens (primary N) is 1. The van der Waals surface area contributed by atoms with E-state index in [9.17, 15) is 14.0 Å². The Labute approximate surface area is 133 Å². The minimum absolute atomic E-state index is 0.0420. The van der Waals surface area contributed by atoms with Gasteiger partial charge < -0.3 is 16.4 Å². The number of anilines is 2. The van der Waals surface area contributed by atoms with E-state index in [2.05, 4.69) is 10.6 Å². The molecule has 0 aliphatic rings. The lowest BCUT2D eigenvalue weighted by molar-refractivity contribution is -0.114. The normalized spacial score (nSPS) is 10.2. The minimum Gasteiger partial charge on any atom is -0.325 e. The molecular formula is C17H18FN3O2. The summed E-state index contributed by atoms with van der Waals surface area (Å²) in [5.74, 6) is -1.47. The molecule has 0 atom stereocenters. The van der Waals surface area contributed by atoms with Crippen molar-refractivity contribution >= 4 is 23.2 Å². The van der Waals surface area contributed by atoms with Crippen LogP contribution in [-0.2, 0) is 11.2 Å². The van der Waals surface area contributed by atoms with Crippen LogP contribution in [0.3, 0.4) is 0 Å². The second kappa shape index (κ2) is 7.51. The molecule has 2 amide bonds. The van der Waals surface area contributed by atoms with Crippen molar-refractivity contribution in [3.63, 3.8) is 0 Å². The molecule has 0 unspecified atom stereocenters. The van der Waals surface area contributed by atoms with Crippen LogP contribution < -0.4 is 16.4 Å². The second-order valence-corrected chi connectivity index (χ2v) is 4.91. The summed E-state index contributed by atoms with van der Waals surface area (Å²) in [6.45, 7) is 1.82. The monoisotopic (exact) mass is 315 g/mol. The molecule has 120 valence electrons. The summed E-state index contributed by atoms with van der Waals surface area (Å²) in [6, 6.07) is 10.9. The van der Waals surface area contributed by atoms with Crippen molar-refractivity contribution in [2.24, 2.45) is 5.73 Å². The third-order valence-corrected chi connectivity index (χ3v) is 3.33. The summed E-state index contributed by atoms with van der Waals surface area (Å²) < 4.78 is 13.6. The molecule has 6 heteroatoms. The van der Waals surface area contributed by atoms with E-state index in [1.807, 2.05) is 6.92 Å². The van der Waals surface area contributed by atoms with Crippen LogP contribution in [0.2, 0.25) is 0 Å². The molecule has 2 rings (SSSR count). The van der Waals surface area contributed by atoms with Gasteiger partial charge in [0, 0.05) is 11.4 Å². The van der Waals surface area contributed by atoms with E-state index in [1.54, 1.807) is 24.3 Å². The van der Waals surface area contributed by atoms with Gasteiger partial charge in [0.2, 0.25) is 5.91 Å². The SMILES string of the molecule is CCc1ccc(NC(=O)c2ccccc2F)cc1NC(=O)CN. The van der Waals surface area contributed by atoms with Crippen molar-refractivity contribution in [3.8, 4) is 0 Å². The average Bonchev–Trinajstić information content (AvgIpc) is 2.55. The molecule has 0 saturated carbocycles. The third kappa shape index (κ3) is 4.14. The molecule has 5 nitrogen and oxygen atoms in total. The number of benzene rings is 2. The van der Waals surface area contributed by atoms with Crippen LogP contribution in [-0.4, -0.2) is 18.4 Å². The Morgan fingerprint density at radius 1 is 1.13 bits per heavy atom. The summed E-state index contributed by atoms with van der Waals surface area (Å²) in [5, 5.41) is 5.31. The van der Waals surface area contributed by atoms with Gasteiger partial charge in [0.25, 0.3) is 5.91 Å². The Balaban J connectivity index is 2.23. The van der Waals surface area contributed by atoms with E-state index in [1.165, 1.54) is 18.2 Å². The Morgan fingerprint density at radius 2 is 1.87 bits per heavy atom. The summed E-state index contributed by atoms with van der Waals surface area (Å²) >= 11 is 0. The number of hydrogen-bond acceptors (Lipinski definition) is 3. The van der Waals surface area contributed by atoms with E-state index < -0.39 is 11.7 Å². The molecule has 2 aromatic carbocycles. The van der Waals surface area contributed by atoms with Crippen LogP contribution in [0.4, 0.5) is 15.8 Å². The van der Waals surface area contributed by atoms with Gasteiger partial charge in [0.05, 0.1) is 12.1 Å². The van der Waals surface area contributed by atoms with Crippen LogP contribution in [0.25, 0.3) is 0 Å². The molecule has 0 spiro atoms. The fourth-order valence-electron chi connectivity index (χ4n) is 2.12. The Bertz CT molecular complexity index is 732. The maximum Gasteiger partial charge on any atom is 0.258 e. The predicted octanol–water partition coefficient (Wildman–Crippen LogP) is 2.54. The number of rotatable bonds is 5. The number of hydrogen-bond donors (Lipinski definition) is 3. The molecule has 0 aliphatic heterocycles. The van der Waals surface area contributed by atoms with Crippen molar-refractivity contribution in [1.29, 1.82) is 0 Å². The van der Waals surface area contributed by atoms with Crippen LogP contribution in [0.5, 0.6) is 0 Å². The molecule has 0 aliphatic carbocycles. The fourth-order valence-corrected chi connectivity index (χ4v) is 2.12. The van der Waals surface area contributed by atoms with Crippen LogP contribution in [0, 0.1) is 5.82 Å². The number of aryl methyl sites for hydroxylation is 1. The molecule has 4 N–H and O–H groups in total. The Kier molecular flexibility index (Phi) is 5.43. The molecule has 0 bridgehead atoms. The van der Waals surface area contributed by atoms with Gasteiger partial charge in [-0.15, -0.1) is 0 Å². The molecule has 0 fully saturated rings. The quantitative estimate of drug-likeness (QED) is 0.793. The first-order valence-corrected chi connectivity index (χ1v) is 7.24. The molecule has 0 heterocycles. The topological polar surface area (TPSA) is 84.2 Å². The number of halogens is 1. The lowest BCUT2D eigenvalue weighted by atomic mass is 10.1. The number of amides is 2. The smallest absolute Gasteiger partial charge is 0.258 e. The Morgan fingerprint density at radius 3 is 2.52 bits per heavy atom. The molecule has 23 heavy (non-hydrogen) atoms. The first-order chi connectivity index (χ1) is 11.0. The second-order valence-electron chi connectivity index (χ2n) is 4.91. The highest BCUT2D eigenvalue weighted by atomic mass is 19.1. The number of carbonyl (C=O) groups excluding carboxylic acids is 2. The zero-order chi connectivity index (χ0) is 16.8. The Hall–Kier alpha value is -2.73. The van der Waals surface area contributed by atoms with E-state index in [0.717, 1.165) is 5.56 Å². The summed E-state index contributed by atoms with van der Waals surface area (Å²) in [4.78, 5) is 23.6. The van der Waals surface area contributed by atoms with Crippen LogP contribution in [0.15, 0.2) is 42.5 Å². The zero-order valence-corrected chi connectivity index (χ0v) is 12.7. The average molecular weight is 315 g/mol. The maximum absolute atomic E-state index is 13.6. The lowest BCUT2D eigenvalue weighted by Crippen LogP contribution is -2.22. The largest absolute Gasteiger partial charge is 0.325 e. The highest BCUT2D eigenvalue weighted by Gasteiger charge is 2.12. The summed E-state index contributed by atoms with van der Waals surface area (Å²) in [7, 11) is 0. The lowest BCUT2D eigenvalue weighted by Gasteiger charge is -2.12. The highest BCUT2D eigenvalue weighted by molar-refractivity contribution is 6.05. The van der Waals surface area contributed by atoms with Crippen molar-refractivity contribution in [1.82, 2.24) is 0 Å². The maximum atomic E-state index is 13.6. The molecular weight excluding hydrogens is 297 g/mol. The van der Waals surface area contributed by atoms with Crippen molar-refractivity contribution < 1.29 is 14.0 Å². The van der Waals surface area contributed by atoms with E-state index >= 15 is 0 Å². The van der Waals surface area contributed by atoms with Gasteiger partial charge in [0.1, 0.15) is 5.82 Å². The van der Waals surface area contributed by atoms with E-state index in [4.69, 9.17) is 5.73 Å². The molecule has 2 aromatic rings. The van der Waals surface area contributed by atoms with E-state index in [-0.39, 0.29) is 18.0 Å². The number of nitrogens with one attached hydrogen (secondary N) is 2. The van der Waals surface area contributed by atoms with Crippen LogP contribution >= 0.6 is 0 Å². The first-order valence-electron chi connectivity index (χ1n) is 7.24. The van der Waals surface area contributed by atoms with Gasteiger partial charge in [-0.1, -0.05) is 25.1 Å². The van der Waals surface area contributed by atoms with E-state index in [0.29, 0.717) is 17.8 Å². The molecule has 0 radical (unpaired) electrons. The van der Waals surface area contributed by atoms with Crippen molar-refractivity contribution in [3.05, 3.63) is 59.4 Å². The first kappa shape index (κ1) is 16.6. The predicted molar refractivity (Wildman–Crippen MR) is 87.9 cm³/mol. The summed E-state index contributed by atoms with van der Waals surface area (Å²) in [6.07, 6.45) is 0.710. The fraction of sp³-hybridized carbons (Fsp3) is 0.176. The van der Waals surface area contributed by atoms with Gasteiger partial charge >= 0.3 is 0 Å². The minimum atomic E-state index is -0.591.